The topological polar surface area (TPSA) is 53.2 Å². The highest BCUT2D eigenvalue weighted by molar-refractivity contribution is 7.80. The summed E-state index contributed by atoms with van der Waals surface area (Å²) in [5.41, 5.74) is 0.889. The van der Waals surface area contributed by atoms with Crippen LogP contribution in [-0.2, 0) is 4.79 Å². The van der Waals surface area contributed by atoms with Crippen molar-refractivity contribution in [1.29, 1.82) is 0 Å². The van der Waals surface area contributed by atoms with Gasteiger partial charge in [-0.15, -0.1) is 0 Å². The molecule has 4 nitrogen and oxygen atoms in total. The third-order valence-electron chi connectivity index (χ3n) is 2.79. The summed E-state index contributed by atoms with van der Waals surface area (Å²) in [7, 11) is 0. The Balaban J connectivity index is 2.64. The second-order valence-electron chi connectivity index (χ2n) is 5.48. The molecular formula is C16H20Cl3N3OS. The zero-order valence-electron chi connectivity index (χ0n) is 13.4. The molecule has 0 saturated heterocycles. The fourth-order valence-electron chi connectivity index (χ4n) is 1.61. The van der Waals surface area contributed by atoms with Crippen molar-refractivity contribution in [3.05, 3.63) is 42.0 Å². The molecule has 1 unspecified atom stereocenters. The first-order valence-corrected chi connectivity index (χ1v) is 8.87. The number of carbonyl (C=O) groups excluding carboxylic acids is 1. The third-order valence-corrected chi connectivity index (χ3v) is 3.70. The number of amides is 1. The average Bonchev–Trinajstić information content (AvgIpc) is 2.50. The molecule has 0 heterocycles. The molecule has 24 heavy (non-hydrogen) atoms. The van der Waals surface area contributed by atoms with Gasteiger partial charge in [0.2, 0.25) is 9.70 Å². The van der Waals surface area contributed by atoms with E-state index in [0.717, 1.165) is 5.56 Å². The van der Waals surface area contributed by atoms with E-state index in [1.54, 1.807) is 6.08 Å². The lowest BCUT2D eigenvalue weighted by atomic mass is 10.2. The van der Waals surface area contributed by atoms with Crippen LogP contribution in [-0.4, -0.2) is 27.5 Å². The summed E-state index contributed by atoms with van der Waals surface area (Å²) in [6, 6.07) is 9.40. The summed E-state index contributed by atoms with van der Waals surface area (Å²) in [5, 5.41) is 8.67. The number of nitrogens with one attached hydrogen (secondary N) is 3. The van der Waals surface area contributed by atoms with Crippen LogP contribution in [0.3, 0.4) is 0 Å². The van der Waals surface area contributed by atoms with Crippen molar-refractivity contribution < 1.29 is 4.79 Å². The van der Waals surface area contributed by atoms with E-state index in [-0.39, 0.29) is 0 Å². The summed E-state index contributed by atoms with van der Waals surface area (Å²) in [6.45, 7) is 4.75. The molecular weight excluding hydrogens is 389 g/mol. The van der Waals surface area contributed by atoms with Crippen molar-refractivity contribution in [1.82, 2.24) is 16.0 Å². The Labute approximate surface area is 162 Å². The Hall–Kier alpha value is -1.01. The molecule has 1 atom stereocenters. The maximum atomic E-state index is 12.0. The molecule has 0 aliphatic heterocycles. The van der Waals surface area contributed by atoms with E-state index >= 15 is 0 Å². The van der Waals surface area contributed by atoms with Crippen LogP contribution in [0.15, 0.2) is 36.4 Å². The van der Waals surface area contributed by atoms with Gasteiger partial charge < -0.3 is 16.0 Å². The molecule has 1 aromatic carbocycles. The predicted octanol–water partition coefficient (Wildman–Crippen LogP) is 3.63. The van der Waals surface area contributed by atoms with E-state index in [2.05, 4.69) is 16.0 Å². The highest BCUT2D eigenvalue weighted by Crippen LogP contribution is 2.29. The number of halogens is 3. The van der Waals surface area contributed by atoms with Gasteiger partial charge in [0.05, 0.1) is 0 Å². The Morgan fingerprint density at radius 1 is 1.21 bits per heavy atom. The minimum Gasteiger partial charge on any atom is -0.362 e. The zero-order chi connectivity index (χ0) is 18.2. The lowest BCUT2D eigenvalue weighted by Crippen LogP contribution is -2.57. The van der Waals surface area contributed by atoms with E-state index in [1.165, 1.54) is 6.08 Å². The first kappa shape index (κ1) is 21.0. The fourth-order valence-corrected chi connectivity index (χ4v) is 2.13. The minimum absolute atomic E-state index is 0.298. The normalized spacial score (nSPS) is 12.9. The molecule has 1 aromatic rings. The monoisotopic (exact) mass is 407 g/mol. The number of benzene rings is 1. The molecule has 0 fully saturated rings. The van der Waals surface area contributed by atoms with Crippen LogP contribution >= 0.6 is 47.0 Å². The van der Waals surface area contributed by atoms with Crippen LogP contribution in [0.4, 0.5) is 0 Å². The molecule has 0 spiro atoms. The van der Waals surface area contributed by atoms with Crippen LogP contribution < -0.4 is 16.0 Å². The maximum absolute atomic E-state index is 12.0. The molecule has 1 amide bonds. The van der Waals surface area contributed by atoms with Gasteiger partial charge in [0.1, 0.15) is 6.17 Å². The van der Waals surface area contributed by atoms with Gasteiger partial charge in [0, 0.05) is 12.6 Å². The first-order valence-electron chi connectivity index (χ1n) is 7.33. The average molecular weight is 409 g/mol. The molecule has 1 rings (SSSR count). The summed E-state index contributed by atoms with van der Waals surface area (Å²) in [5.74, 6) is -0.00584. The summed E-state index contributed by atoms with van der Waals surface area (Å²) >= 11 is 22.9. The maximum Gasteiger partial charge on any atom is 0.245 e. The molecule has 0 bridgehead atoms. The van der Waals surface area contributed by atoms with Gasteiger partial charge in [-0.3, -0.25) is 4.79 Å². The Kier molecular flexibility index (Phi) is 8.84. The van der Waals surface area contributed by atoms with Crippen molar-refractivity contribution in [2.45, 2.75) is 23.8 Å². The van der Waals surface area contributed by atoms with E-state index in [0.29, 0.717) is 17.6 Å². The van der Waals surface area contributed by atoms with Crippen molar-refractivity contribution >= 4 is 64.1 Å². The molecule has 8 heteroatoms. The first-order chi connectivity index (χ1) is 11.2. The molecule has 0 radical (unpaired) electrons. The summed E-state index contributed by atoms with van der Waals surface area (Å²) in [4.78, 5) is 12.0. The number of hydrogen-bond donors (Lipinski definition) is 3. The van der Waals surface area contributed by atoms with Gasteiger partial charge >= 0.3 is 0 Å². The van der Waals surface area contributed by atoms with Crippen molar-refractivity contribution in [3.63, 3.8) is 0 Å². The van der Waals surface area contributed by atoms with Gasteiger partial charge in [-0.2, -0.15) is 0 Å². The van der Waals surface area contributed by atoms with Crippen LogP contribution in [0, 0.1) is 5.92 Å². The van der Waals surface area contributed by atoms with Gasteiger partial charge in [-0.05, 0) is 29.8 Å². The zero-order valence-corrected chi connectivity index (χ0v) is 16.4. The Bertz CT molecular complexity index is 574. The van der Waals surface area contributed by atoms with Crippen LogP contribution in [0.1, 0.15) is 19.4 Å². The van der Waals surface area contributed by atoms with Gasteiger partial charge in [0.25, 0.3) is 0 Å². The number of rotatable bonds is 6. The molecule has 3 N–H and O–H groups in total. The second kappa shape index (κ2) is 10.1. The molecule has 132 valence electrons. The van der Waals surface area contributed by atoms with Crippen molar-refractivity contribution in [3.8, 4) is 0 Å². The van der Waals surface area contributed by atoms with E-state index in [1.807, 2.05) is 44.2 Å². The van der Waals surface area contributed by atoms with E-state index in [9.17, 15) is 4.79 Å². The fraction of sp³-hybridized carbons (Fsp3) is 0.375. The van der Waals surface area contributed by atoms with Gasteiger partial charge in [-0.25, -0.2) is 0 Å². The van der Waals surface area contributed by atoms with E-state index in [4.69, 9.17) is 47.0 Å². The Morgan fingerprint density at radius 3 is 2.38 bits per heavy atom. The quantitative estimate of drug-likeness (QED) is 0.291. The largest absolute Gasteiger partial charge is 0.362 e. The standard InChI is InChI=1S/C16H20Cl3N3OS/c1-11(2)10-20-15(24)22-14(16(17,18)19)21-13(23)9-8-12-6-4-3-5-7-12/h3-9,11,14H,10H2,1-2H3,(H,21,23)(H2,20,22,24)/b9-8+. The number of hydrogen-bond acceptors (Lipinski definition) is 2. The van der Waals surface area contributed by atoms with Crippen LogP contribution in [0.5, 0.6) is 0 Å². The number of carbonyl (C=O) groups is 1. The molecule has 0 aromatic heterocycles. The highest BCUT2D eigenvalue weighted by atomic mass is 35.6. The molecule has 0 aliphatic carbocycles. The molecule has 0 saturated carbocycles. The van der Waals surface area contributed by atoms with Crippen molar-refractivity contribution in [2.75, 3.05) is 6.54 Å². The van der Waals surface area contributed by atoms with Crippen LogP contribution in [0.2, 0.25) is 0 Å². The minimum atomic E-state index is -1.76. The highest BCUT2D eigenvalue weighted by Gasteiger charge is 2.34. The second-order valence-corrected chi connectivity index (χ2v) is 8.25. The summed E-state index contributed by atoms with van der Waals surface area (Å²) < 4.78 is -1.76. The lowest BCUT2D eigenvalue weighted by molar-refractivity contribution is -0.117. The lowest BCUT2D eigenvalue weighted by Gasteiger charge is -2.27. The SMILES string of the molecule is CC(C)CNC(=S)NC(NC(=O)/C=C/c1ccccc1)C(Cl)(Cl)Cl. The van der Waals surface area contributed by atoms with Gasteiger partial charge in [0.15, 0.2) is 5.11 Å². The summed E-state index contributed by atoms with van der Waals surface area (Å²) in [6.07, 6.45) is 2.06. The molecule has 0 aliphatic rings. The van der Waals surface area contributed by atoms with Crippen molar-refractivity contribution in [2.24, 2.45) is 5.92 Å². The third kappa shape index (κ3) is 8.73. The number of thiocarbonyl (C=S) groups is 1. The van der Waals surface area contributed by atoms with Gasteiger partial charge in [-0.1, -0.05) is 79.0 Å². The smallest absolute Gasteiger partial charge is 0.245 e. The number of alkyl halides is 3. The van der Waals surface area contributed by atoms with E-state index < -0.39 is 15.9 Å². The Morgan fingerprint density at radius 2 is 1.83 bits per heavy atom. The van der Waals surface area contributed by atoms with Crippen LogP contribution in [0.25, 0.3) is 6.08 Å². The predicted molar refractivity (Wildman–Crippen MR) is 106 cm³/mol.